The van der Waals surface area contributed by atoms with E-state index < -0.39 is 19.1 Å². The number of hydrogen-bond donors (Lipinski definition) is 0. The van der Waals surface area contributed by atoms with Gasteiger partial charge >= 0.3 is 0 Å². The number of aryl methyl sites for hydroxylation is 1. The molecule has 0 spiro atoms. The molecule has 0 N–H and O–H groups in total. The molecule has 2 nitrogen and oxygen atoms in total. The van der Waals surface area contributed by atoms with Crippen molar-refractivity contribution in [1.29, 1.82) is 0 Å². The molecule has 25 heavy (non-hydrogen) atoms. The first-order valence-electron chi connectivity index (χ1n) is 8.78. The smallest absolute Gasteiger partial charge is 0.192 e. The first kappa shape index (κ1) is 20.1. The van der Waals surface area contributed by atoms with E-state index in [1.54, 1.807) is 0 Å². The van der Waals surface area contributed by atoms with Gasteiger partial charge in [0.05, 0.1) is 22.7 Å². The summed E-state index contributed by atoms with van der Waals surface area (Å²) in [6.07, 6.45) is -0.149. The Labute approximate surface area is 156 Å². The fourth-order valence-electron chi connectivity index (χ4n) is 2.32. The molecule has 136 valence electrons. The van der Waals surface area contributed by atoms with Crippen molar-refractivity contribution < 1.29 is 8.63 Å². The van der Waals surface area contributed by atoms with E-state index in [-0.39, 0.29) is 11.1 Å². The molecule has 2 rings (SSSR count). The Morgan fingerprint density at radius 3 is 2.08 bits per heavy atom. The van der Waals surface area contributed by atoms with E-state index in [0.717, 1.165) is 10.5 Å². The van der Waals surface area contributed by atoms with Crippen LogP contribution in [0.5, 0.6) is 0 Å². The number of benzene rings is 2. The first-order valence-corrected chi connectivity index (χ1v) is 13.0. The SMILES string of the molecule is Cc1ccc([S@@](=O)C[C@@H](O[Si](C)(C)C(C)(C)C)c2ccccc2)cc1. The van der Waals surface area contributed by atoms with Crippen LogP contribution in [0.1, 0.15) is 38.0 Å². The minimum atomic E-state index is -1.96. The van der Waals surface area contributed by atoms with Crippen LogP contribution >= 0.6 is 0 Å². The van der Waals surface area contributed by atoms with Crippen LogP contribution in [0.3, 0.4) is 0 Å². The number of rotatable bonds is 6. The minimum Gasteiger partial charge on any atom is -0.409 e. The Morgan fingerprint density at radius 1 is 1.00 bits per heavy atom. The van der Waals surface area contributed by atoms with Gasteiger partial charge in [-0.3, -0.25) is 4.21 Å². The standard InChI is InChI=1S/C21H30O2SSi/c1-17-12-14-19(15-13-17)24(22)16-20(18-10-8-7-9-11-18)23-25(5,6)21(2,3)4/h7-15,20H,16H2,1-6H3/t20-,24+/m1/s1. The fraction of sp³-hybridized carbons (Fsp3) is 0.429. The van der Waals surface area contributed by atoms with Gasteiger partial charge in [0.1, 0.15) is 0 Å². The molecule has 2 aromatic rings. The quantitative estimate of drug-likeness (QED) is 0.591. The zero-order valence-corrected chi connectivity index (χ0v) is 18.0. The van der Waals surface area contributed by atoms with Crippen molar-refractivity contribution in [2.24, 2.45) is 0 Å². The van der Waals surface area contributed by atoms with Gasteiger partial charge in [0.15, 0.2) is 8.32 Å². The summed E-state index contributed by atoms with van der Waals surface area (Å²) in [7, 11) is -3.05. The van der Waals surface area contributed by atoms with E-state index in [1.807, 2.05) is 49.4 Å². The summed E-state index contributed by atoms with van der Waals surface area (Å²) >= 11 is 0. The zero-order chi connectivity index (χ0) is 18.7. The lowest BCUT2D eigenvalue weighted by molar-refractivity contribution is 0.206. The summed E-state index contributed by atoms with van der Waals surface area (Å²) in [4.78, 5) is 0.866. The third-order valence-electron chi connectivity index (χ3n) is 5.00. The van der Waals surface area contributed by atoms with Crippen molar-refractivity contribution in [3.63, 3.8) is 0 Å². The molecule has 0 heterocycles. The molecular formula is C21H30O2SSi. The maximum Gasteiger partial charge on any atom is 0.192 e. The van der Waals surface area contributed by atoms with Crippen LogP contribution < -0.4 is 0 Å². The van der Waals surface area contributed by atoms with Crippen LogP contribution in [0.15, 0.2) is 59.5 Å². The van der Waals surface area contributed by atoms with Crippen molar-refractivity contribution in [3.05, 3.63) is 65.7 Å². The molecule has 0 aliphatic rings. The van der Waals surface area contributed by atoms with Crippen LogP contribution in [0.25, 0.3) is 0 Å². The second kappa shape index (κ2) is 7.98. The average molecular weight is 375 g/mol. The molecule has 0 saturated carbocycles. The molecule has 0 bridgehead atoms. The van der Waals surface area contributed by atoms with Gasteiger partial charge in [-0.2, -0.15) is 0 Å². The normalized spacial score (nSPS) is 15.0. The zero-order valence-electron chi connectivity index (χ0n) is 16.2. The van der Waals surface area contributed by atoms with Crippen molar-refractivity contribution in [3.8, 4) is 0 Å². The summed E-state index contributed by atoms with van der Waals surface area (Å²) in [5, 5.41) is 0.116. The molecule has 0 amide bonds. The van der Waals surface area contributed by atoms with Gasteiger partial charge in [-0.25, -0.2) is 0 Å². The van der Waals surface area contributed by atoms with E-state index in [1.165, 1.54) is 5.56 Å². The van der Waals surface area contributed by atoms with Gasteiger partial charge < -0.3 is 4.43 Å². The molecule has 0 radical (unpaired) electrons. The van der Waals surface area contributed by atoms with E-state index >= 15 is 0 Å². The summed E-state index contributed by atoms with van der Waals surface area (Å²) < 4.78 is 19.6. The maximum atomic E-state index is 12.9. The fourth-order valence-corrected chi connectivity index (χ4v) is 4.89. The molecule has 0 saturated heterocycles. The predicted molar refractivity (Wildman–Crippen MR) is 110 cm³/mol. The third kappa shape index (κ3) is 5.37. The Morgan fingerprint density at radius 2 is 1.56 bits per heavy atom. The first-order chi connectivity index (χ1) is 11.6. The van der Waals surface area contributed by atoms with Gasteiger partial charge in [0, 0.05) is 4.90 Å². The Hall–Kier alpha value is -1.23. The van der Waals surface area contributed by atoms with E-state index in [9.17, 15) is 4.21 Å². The van der Waals surface area contributed by atoms with Gasteiger partial charge in [0.25, 0.3) is 0 Å². The lowest BCUT2D eigenvalue weighted by Gasteiger charge is -2.39. The van der Waals surface area contributed by atoms with Crippen LogP contribution in [0, 0.1) is 6.92 Å². The lowest BCUT2D eigenvalue weighted by atomic mass is 10.1. The van der Waals surface area contributed by atoms with Gasteiger partial charge in [-0.1, -0.05) is 68.8 Å². The average Bonchev–Trinajstić information content (AvgIpc) is 2.54. The second-order valence-corrected chi connectivity index (χ2v) is 14.4. The van der Waals surface area contributed by atoms with Crippen LogP contribution in [0.4, 0.5) is 0 Å². The predicted octanol–water partition coefficient (Wildman–Crippen LogP) is 5.87. The van der Waals surface area contributed by atoms with Crippen LogP contribution in [0.2, 0.25) is 18.1 Å². The van der Waals surface area contributed by atoms with Crippen molar-refractivity contribution >= 4 is 19.1 Å². The minimum absolute atomic E-state index is 0.116. The van der Waals surface area contributed by atoms with Crippen LogP contribution in [-0.4, -0.2) is 18.3 Å². The lowest BCUT2D eigenvalue weighted by Crippen LogP contribution is -2.42. The maximum absolute atomic E-state index is 12.9. The monoisotopic (exact) mass is 374 g/mol. The van der Waals surface area contributed by atoms with Crippen LogP contribution in [-0.2, 0) is 15.2 Å². The molecule has 0 aromatic heterocycles. The van der Waals surface area contributed by atoms with E-state index in [2.05, 4.69) is 46.0 Å². The van der Waals surface area contributed by atoms with Crippen molar-refractivity contribution in [2.45, 2.75) is 56.8 Å². The molecule has 0 aliphatic carbocycles. The Bertz CT molecular complexity index is 703. The summed E-state index contributed by atoms with van der Waals surface area (Å²) in [6.45, 7) is 13.2. The van der Waals surface area contributed by atoms with Gasteiger partial charge in [-0.15, -0.1) is 0 Å². The molecule has 0 unspecified atom stereocenters. The molecule has 4 heteroatoms. The summed E-state index contributed by atoms with van der Waals surface area (Å²) in [5.74, 6) is 0.486. The topological polar surface area (TPSA) is 26.3 Å². The number of hydrogen-bond acceptors (Lipinski definition) is 2. The largest absolute Gasteiger partial charge is 0.409 e. The van der Waals surface area contributed by atoms with Gasteiger partial charge in [0.2, 0.25) is 0 Å². The van der Waals surface area contributed by atoms with E-state index in [0.29, 0.717) is 5.75 Å². The highest BCUT2D eigenvalue weighted by Crippen LogP contribution is 2.40. The highest BCUT2D eigenvalue weighted by molar-refractivity contribution is 7.85. The Kier molecular flexibility index (Phi) is 6.41. The summed E-state index contributed by atoms with van der Waals surface area (Å²) in [5.41, 5.74) is 2.28. The van der Waals surface area contributed by atoms with Gasteiger partial charge in [-0.05, 0) is 42.8 Å². The molecular weight excluding hydrogens is 344 g/mol. The van der Waals surface area contributed by atoms with E-state index in [4.69, 9.17) is 4.43 Å². The molecule has 0 aliphatic heterocycles. The van der Waals surface area contributed by atoms with Crippen molar-refractivity contribution in [2.75, 3.05) is 5.75 Å². The van der Waals surface area contributed by atoms with Crippen molar-refractivity contribution in [1.82, 2.24) is 0 Å². The highest BCUT2D eigenvalue weighted by atomic mass is 32.2. The Balaban J connectivity index is 2.26. The molecule has 0 fully saturated rings. The highest BCUT2D eigenvalue weighted by Gasteiger charge is 2.39. The second-order valence-electron chi connectivity index (χ2n) is 8.10. The molecule has 2 atom stereocenters. The molecule has 2 aromatic carbocycles. The third-order valence-corrected chi connectivity index (χ3v) is 10.9. The summed E-state index contributed by atoms with van der Waals surface area (Å²) in [6, 6.07) is 18.1.